The zero-order valence-electron chi connectivity index (χ0n) is 21.4. The maximum absolute atomic E-state index is 13.4. The first-order valence-electron chi connectivity index (χ1n) is 12.7. The third-order valence-corrected chi connectivity index (χ3v) is 6.78. The molecule has 190 valence electrons. The van der Waals surface area contributed by atoms with E-state index in [1.54, 1.807) is 0 Å². The van der Waals surface area contributed by atoms with E-state index < -0.39 is 0 Å². The topological polar surface area (TPSA) is 87.4 Å². The van der Waals surface area contributed by atoms with Gasteiger partial charge in [-0.15, -0.1) is 0 Å². The van der Waals surface area contributed by atoms with Crippen molar-refractivity contribution in [3.63, 3.8) is 0 Å². The average Bonchev–Trinajstić information content (AvgIpc) is 3.37. The zero-order valence-corrected chi connectivity index (χ0v) is 21.4. The molecule has 8 nitrogen and oxygen atoms in total. The molecule has 1 saturated heterocycles. The maximum Gasteiger partial charge on any atom is 0.254 e. The van der Waals surface area contributed by atoms with Gasteiger partial charge >= 0.3 is 0 Å². The Hall–Kier alpha value is -4.72. The molecule has 1 amide bonds. The van der Waals surface area contributed by atoms with Crippen molar-refractivity contribution in [2.75, 3.05) is 36.4 Å². The second-order valence-corrected chi connectivity index (χ2v) is 9.57. The molecule has 0 aliphatic carbocycles. The summed E-state index contributed by atoms with van der Waals surface area (Å²) in [6.07, 6.45) is 0. The van der Waals surface area contributed by atoms with Gasteiger partial charge in [0.2, 0.25) is 5.95 Å². The quantitative estimate of drug-likeness (QED) is 0.333. The number of nitrogens with one attached hydrogen (secondary N) is 1. The van der Waals surface area contributed by atoms with E-state index in [9.17, 15) is 4.79 Å². The molecule has 5 aromatic rings. The average molecular weight is 505 g/mol. The molecule has 1 aliphatic heterocycles. The molecule has 0 unspecified atom stereocenters. The number of piperazine rings is 1. The summed E-state index contributed by atoms with van der Waals surface area (Å²) in [7, 11) is 0. The minimum atomic E-state index is -0.00125. The van der Waals surface area contributed by atoms with E-state index in [2.05, 4.69) is 39.4 Å². The summed E-state index contributed by atoms with van der Waals surface area (Å²) in [6.45, 7) is 6.52. The number of hydrogen-bond acceptors (Lipinski definition) is 7. The second-order valence-electron chi connectivity index (χ2n) is 9.57. The third kappa shape index (κ3) is 4.80. The first-order valence-corrected chi connectivity index (χ1v) is 12.7. The number of amides is 1. The molecule has 6 rings (SSSR count). The van der Waals surface area contributed by atoms with Crippen LogP contribution in [0.4, 0.5) is 17.5 Å². The van der Waals surface area contributed by atoms with E-state index in [4.69, 9.17) is 9.51 Å². The third-order valence-electron chi connectivity index (χ3n) is 6.78. The summed E-state index contributed by atoms with van der Waals surface area (Å²) < 4.78 is 5.61. The van der Waals surface area contributed by atoms with Crippen molar-refractivity contribution < 1.29 is 9.32 Å². The number of carbonyl (C=O) groups is 1. The van der Waals surface area contributed by atoms with Gasteiger partial charge < -0.3 is 19.6 Å². The Bertz CT molecular complexity index is 1590. The highest BCUT2D eigenvalue weighted by Crippen LogP contribution is 2.30. The van der Waals surface area contributed by atoms with E-state index in [-0.39, 0.29) is 5.91 Å². The van der Waals surface area contributed by atoms with E-state index in [0.717, 1.165) is 33.7 Å². The summed E-state index contributed by atoms with van der Waals surface area (Å²) in [4.78, 5) is 26.8. The number of benzene rings is 3. The number of nitrogens with zero attached hydrogens (tertiary/aromatic N) is 5. The Morgan fingerprint density at radius 1 is 0.868 bits per heavy atom. The molecule has 8 heteroatoms. The van der Waals surface area contributed by atoms with Gasteiger partial charge in [0.25, 0.3) is 5.91 Å². The molecule has 2 aromatic heterocycles. The number of hydrogen-bond donors (Lipinski definition) is 1. The van der Waals surface area contributed by atoms with Gasteiger partial charge in [-0.1, -0.05) is 53.2 Å². The molecule has 0 spiro atoms. The molecule has 1 aliphatic rings. The molecule has 1 N–H and O–H groups in total. The van der Waals surface area contributed by atoms with Crippen molar-refractivity contribution in [3.05, 3.63) is 95.7 Å². The van der Waals surface area contributed by atoms with Gasteiger partial charge in [-0.25, -0.2) is 4.98 Å². The van der Waals surface area contributed by atoms with Crippen LogP contribution in [0.5, 0.6) is 0 Å². The zero-order chi connectivity index (χ0) is 26.1. The lowest BCUT2D eigenvalue weighted by Gasteiger charge is -2.35. The molecule has 1 fully saturated rings. The van der Waals surface area contributed by atoms with E-state index in [1.165, 1.54) is 5.56 Å². The number of fused-ring (bicyclic) bond motifs is 1. The van der Waals surface area contributed by atoms with E-state index in [0.29, 0.717) is 43.5 Å². The number of rotatable bonds is 5. The van der Waals surface area contributed by atoms with Crippen LogP contribution in [0.15, 0.2) is 83.4 Å². The van der Waals surface area contributed by atoms with Crippen molar-refractivity contribution in [2.45, 2.75) is 13.8 Å². The molecular weight excluding hydrogens is 476 g/mol. The van der Waals surface area contributed by atoms with Crippen LogP contribution in [0.3, 0.4) is 0 Å². The fourth-order valence-corrected chi connectivity index (χ4v) is 4.71. The summed E-state index contributed by atoms with van der Waals surface area (Å²) in [5.41, 5.74) is 5.37. The summed E-state index contributed by atoms with van der Waals surface area (Å²) >= 11 is 0. The first kappa shape index (κ1) is 23.7. The van der Waals surface area contributed by atoms with Gasteiger partial charge in [-0.3, -0.25) is 4.79 Å². The SMILES string of the molecule is Cc1ccc(Nc2cc(C)nc(N3CCN(C(=O)c4ccc5noc(-c6ccccc6)c5c4)CC3)n2)cc1. The number of anilines is 3. The fraction of sp³-hybridized carbons (Fsp3) is 0.200. The van der Waals surface area contributed by atoms with Crippen molar-refractivity contribution >= 4 is 34.3 Å². The normalized spacial score (nSPS) is 13.6. The smallest absolute Gasteiger partial charge is 0.254 e. The molecule has 0 radical (unpaired) electrons. The Balaban J connectivity index is 1.16. The van der Waals surface area contributed by atoms with Crippen molar-refractivity contribution in [3.8, 4) is 11.3 Å². The summed E-state index contributed by atoms with van der Waals surface area (Å²) in [6, 6.07) is 25.5. The molecule has 0 atom stereocenters. The molecule has 0 bridgehead atoms. The van der Waals surface area contributed by atoms with Crippen LogP contribution >= 0.6 is 0 Å². The summed E-state index contributed by atoms with van der Waals surface area (Å²) in [5, 5.41) is 8.38. The first-order chi connectivity index (χ1) is 18.5. The van der Waals surface area contributed by atoms with Crippen LogP contribution in [-0.2, 0) is 0 Å². The minimum absolute atomic E-state index is 0.00125. The second kappa shape index (κ2) is 9.97. The maximum atomic E-state index is 13.4. The standard InChI is InChI=1S/C30H28N6O2/c1-20-8-11-24(12-9-20)32-27-18-21(2)31-30(33-27)36-16-14-35(15-17-36)29(37)23-10-13-26-25(19-23)28(38-34-26)22-6-4-3-5-7-22/h3-13,18-19H,14-17H2,1-2H3,(H,31,32,33). The molecule has 3 heterocycles. The highest BCUT2D eigenvalue weighted by atomic mass is 16.5. The van der Waals surface area contributed by atoms with Gasteiger partial charge in [0, 0.05) is 54.8 Å². The van der Waals surface area contributed by atoms with Gasteiger partial charge in [0.05, 0.1) is 5.39 Å². The lowest BCUT2D eigenvalue weighted by molar-refractivity contribution is 0.0746. The Morgan fingerprint density at radius 2 is 1.63 bits per heavy atom. The van der Waals surface area contributed by atoms with Gasteiger partial charge in [-0.05, 0) is 44.2 Å². The van der Waals surface area contributed by atoms with Crippen molar-refractivity contribution in [1.29, 1.82) is 0 Å². The van der Waals surface area contributed by atoms with Crippen LogP contribution in [0.2, 0.25) is 0 Å². The Morgan fingerprint density at radius 3 is 2.39 bits per heavy atom. The highest BCUT2D eigenvalue weighted by Gasteiger charge is 2.25. The van der Waals surface area contributed by atoms with Gasteiger partial charge in [0.1, 0.15) is 11.3 Å². The van der Waals surface area contributed by atoms with Crippen LogP contribution < -0.4 is 10.2 Å². The number of carbonyl (C=O) groups excluding carboxylic acids is 1. The number of aromatic nitrogens is 3. The lowest BCUT2D eigenvalue weighted by Crippen LogP contribution is -2.49. The van der Waals surface area contributed by atoms with Gasteiger partial charge in [0.15, 0.2) is 5.76 Å². The van der Waals surface area contributed by atoms with Crippen molar-refractivity contribution in [2.24, 2.45) is 0 Å². The van der Waals surface area contributed by atoms with Crippen molar-refractivity contribution in [1.82, 2.24) is 20.0 Å². The minimum Gasteiger partial charge on any atom is -0.355 e. The number of aryl methyl sites for hydroxylation is 2. The van der Waals surface area contributed by atoms with Crippen LogP contribution in [-0.4, -0.2) is 52.1 Å². The predicted molar refractivity (Wildman–Crippen MR) is 149 cm³/mol. The largest absolute Gasteiger partial charge is 0.355 e. The van der Waals surface area contributed by atoms with Crippen LogP contribution in [0, 0.1) is 13.8 Å². The Labute approximate surface area is 220 Å². The van der Waals surface area contributed by atoms with E-state index >= 15 is 0 Å². The highest BCUT2D eigenvalue weighted by molar-refractivity contribution is 6.01. The molecular formula is C30H28N6O2. The predicted octanol–water partition coefficient (Wildman–Crippen LogP) is 5.61. The van der Waals surface area contributed by atoms with E-state index in [1.807, 2.05) is 78.6 Å². The molecule has 3 aromatic carbocycles. The van der Waals surface area contributed by atoms with Crippen LogP contribution in [0.25, 0.3) is 22.2 Å². The fourth-order valence-electron chi connectivity index (χ4n) is 4.71. The lowest BCUT2D eigenvalue weighted by atomic mass is 10.1. The Kier molecular flexibility index (Phi) is 6.21. The van der Waals surface area contributed by atoms with Gasteiger partial charge in [-0.2, -0.15) is 4.98 Å². The van der Waals surface area contributed by atoms with Crippen LogP contribution in [0.1, 0.15) is 21.6 Å². The molecule has 38 heavy (non-hydrogen) atoms. The summed E-state index contributed by atoms with van der Waals surface area (Å²) in [5.74, 6) is 2.10. The molecule has 0 saturated carbocycles. The monoisotopic (exact) mass is 504 g/mol.